The van der Waals surface area contributed by atoms with E-state index in [0.717, 1.165) is 15.9 Å². The Kier molecular flexibility index (Phi) is 4.48. The Balaban J connectivity index is 1.64. The lowest BCUT2D eigenvalue weighted by molar-refractivity contribution is -0.133. The van der Waals surface area contributed by atoms with Crippen molar-refractivity contribution in [1.82, 2.24) is 15.5 Å². The van der Waals surface area contributed by atoms with Gasteiger partial charge in [0.2, 0.25) is 5.91 Å². The Morgan fingerprint density at radius 3 is 2.64 bits per heavy atom. The molecule has 3 rings (SSSR count). The Labute approximate surface area is 145 Å². The molecule has 2 atom stereocenters. The van der Waals surface area contributed by atoms with Crippen molar-refractivity contribution in [2.45, 2.75) is 32.9 Å². The first-order valence-electron chi connectivity index (χ1n) is 8.26. The maximum Gasteiger partial charge on any atom is 0.325 e. The third-order valence-corrected chi connectivity index (χ3v) is 4.27. The van der Waals surface area contributed by atoms with Gasteiger partial charge in [0.1, 0.15) is 23.9 Å². The Morgan fingerprint density at radius 1 is 1.28 bits per heavy atom. The molecular formula is C18H21N3O4. The normalized spacial score (nSPS) is 18.7. The summed E-state index contributed by atoms with van der Waals surface area (Å²) >= 11 is 0. The molecule has 0 bridgehead atoms. The standard InChI is InChI=1S/C18H21N3O4/c1-10(2)16-17(23)21(18(24)20-16)9-15(22)19-11(3)14-8-12-6-4-5-7-13(12)25-14/h4-8,10-11,16H,9H2,1-3H3,(H,19,22)(H,20,24). The molecule has 7 nitrogen and oxygen atoms in total. The van der Waals surface area contributed by atoms with Gasteiger partial charge >= 0.3 is 6.03 Å². The molecular weight excluding hydrogens is 322 g/mol. The first kappa shape index (κ1) is 17.0. The zero-order chi connectivity index (χ0) is 18.1. The Bertz CT molecular complexity index is 794. The zero-order valence-corrected chi connectivity index (χ0v) is 14.4. The van der Waals surface area contributed by atoms with Crippen molar-refractivity contribution in [3.8, 4) is 0 Å². The Hall–Kier alpha value is -2.83. The van der Waals surface area contributed by atoms with E-state index < -0.39 is 18.0 Å². The molecule has 7 heteroatoms. The van der Waals surface area contributed by atoms with Gasteiger partial charge < -0.3 is 15.1 Å². The van der Waals surface area contributed by atoms with E-state index in [-0.39, 0.29) is 24.4 Å². The van der Waals surface area contributed by atoms with Crippen LogP contribution in [-0.4, -0.2) is 35.3 Å². The van der Waals surface area contributed by atoms with Crippen molar-refractivity contribution in [1.29, 1.82) is 0 Å². The van der Waals surface area contributed by atoms with Crippen molar-refractivity contribution < 1.29 is 18.8 Å². The maximum absolute atomic E-state index is 12.2. The molecule has 2 aromatic rings. The highest BCUT2D eigenvalue weighted by molar-refractivity contribution is 6.06. The van der Waals surface area contributed by atoms with Crippen molar-refractivity contribution in [3.05, 3.63) is 36.1 Å². The number of hydrogen-bond acceptors (Lipinski definition) is 4. The maximum atomic E-state index is 12.2. The highest BCUT2D eigenvalue weighted by Crippen LogP contribution is 2.23. The lowest BCUT2D eigenvalue weighted by atomic mass is 10.1. The molecule has 1 aliphatic rings. The number of carbonyl (C=O) groups excluding carboxylic acids is 3. The number of benzene rings is 1. The molecule has 2 N–H and O–H groups in total. The molecule has 1 fully saturated rings. The monoisotopic (exact) mass is 343 g/mol. The predicted molar refractivity (Wildman–Crippen MR) is 91.6 cm³/mol. The van der Waals surface area contributed by atoms with Crippen LogP contribution in [0.2, 0.25) is 0 Å². The highest BCUT2D eigenvalue weighted by Gasteiger charge is 2.40. The van der Waals surface area contributed by atoms with Crippen LogP contribution in [-0.2, 0) is 9.59 Å². The van der Waals surface area contributed by atoms with E-state index in [1.54, 1.807) is 6.92 Å². The third kappa shape index (κ3) is 3.35. The molecule has 2 unspecified atom stereocenters. The minimum Gasteiger partial charge on any atom is -0.459 e. The van der Waals surface area contributed by atoms with Gasteiger partial charge in [-0.2, -0.15) is 0 Å². The van der Waals surface area contributed by atoms with E-state index in [9.17, 15) is 14.4 Å². The average Bonchev–Trinajstić information content (AvgIpc) is 3.11. The summed E-state index contributed by atoms with van der Waals surface area (Å²) in [5, 5.41) is 6.31. The van der Waals surface area contributed by atoms with E-state index in [4.69, 9.17) is 4.42 Å². The number of para-hydroxylation sites is 1. The van der Waals surface area contributed by atoms with Crippen LogP contribution in [0.15, 0.2) is 34.7 Å². The number of furan rings is 1. The minimum atomic E-state index is -0.576. The predicted octanol–water partition coefficient (Wildman–Crippen LogP) is 2.19. The van der Waals surface area contributed by atoms with Crippen molar-refractivity contribution in [2.75, 3.05) is 6.54 Å². The first-order valence-corrected chi connectivity index (χ1v) is 8.26. The van der Waals surface area contributed by atoms with Crippen molar-refractivity contribution >= 4 is 28.8 Å². The second kappa shape index (κ2) is 6.58. The average molecular weight is 343 g/mol. The van der Waals surface area contributed by atoms with E-state index in [0.29, 0.717) is 5.76 Å². The molecule has 25 heavy (non-hydrogen) atoms. The van der Waals surface area contributed by atoms with E-state index in [1.807, 2.05) is 44.2 Å². The van der Waals surface area contributed by atoms with Crippen LogP contribution >= 0.6 is 0 Å². The summed E-state index contributed by atoms with van der Waals surface area (Å²) < 4.78 is 5.72. The van der Waals surface area contributed by atoms with Crippen LogP contribution in [0.5, 0.6) is 0 Å². The van der Waals surface area contributed by atoms with Crippen LogP contribution < -0.4 is 10.6 Å². The number of nitrogens with zero attached hydrogens (tertiary/aromatic N) is 1. The number of fused-ring (bicyclic) bond motifs is 1. The lowest BCUT2D eigenvalue weighted by Crippen LogP contribution is -2.42. The van der Waals surface area contributed by atoms with E-state index in [2.05, 4.69) is 10.6 Å². The minimum absolute atomic E-state index is 0.0287. The zero-order valence-electron chi connectivity index (χ0n) is 14.4. The van der Waals surface area contributed by atoms with Crippen LogP contribution in [0.1, 0.15) is 32.6 Å². The molecule has 1 saturated heterocycles. The summed E-state index contributed by atoms with van der Waals surface area (Å²) in [6.07, 6.45) is 0. The van der Waals surface area contributed by atoms with Gasteiger partial charge in [0.15, 0.2) is 0 Å². The molecule has 2 heterocycles. The van der Waals surface area contributed by atoms with Crippen LogP contribution in [0, 0.1) is 5.92 Å². The van der Waals surface area contributed by atoms with Gasteiger partial charge in [-0.3, -0.25) is 14.5 Å². The second-order valence-corrected chi connectivity index (χ2v) is 6.57. The number of nitrogens with one attached hydrogen (secondary N) is 2. The molecule has 0 spiro atoms. The quantitative estimate of drug-likeness (QED) is 0.814. The fourth-order valence-electron chi connectivity index (χ4n) is 2.86. The molecule has 4 amide bonds. The highest BCUT2D eigenvalue weighted by atomic mass is 16.3. The fourth-order valence-corrected chi connectivity index (χ4v) is 2.86. The van der Waals surface area contributed by atoms with E-state index in [1.165, 1.54) is 0 Å². The molecule has 1 aliphatic heterocycles. The summed E-state index contributed by atoms with van der Waals surface area (Å²) in [5.41, 5.74) is 0.743. The molecule has 0 saturated carbocycles. The SMILES string of the molecule is CC(NC(=O)CN1C(=O)NC(C(C)C)C1=O)c1cc2ccccc2o1. The van der Waals surface area contributed by atoms with Gasteiger partial charge in [-0.05, 0) is 25.0 Å². The van der Waals surface area contributed by atoms with E-state index >= 15 is 0 Å². The van der Waals surface area contributed by atoms with Gasteiger partial charge in [0, 0.05) is 5.39 Å². The summed E-state index contributed by atoms with van der Waals surface area (Å²) in [5.74, 6) is -0.196. The first-order chi connectivity index (χ1) is 11.9. The number of carbonyl (C=O) groups is 3. The number of hydrogen-bond donors (Lipinski definition) is 2. The summed E-state index contributed by atoms with van der Waals surface area (Å²) in [6, 6.07) is 7.95. The van der Waals surface area contributed by atoms with Crippen LogP contribution in [0.4, 0.5) is 4.79 Å². The van der Waals surface area contributed by atoms with Gasteiger partial charge in [0.05, 0.1) is 6.04 Å². The number of amides is 4. The molecule has 0 radical (unpaired) electrons. The topological polar surface area (TPSA) is 91.7 Å². The molecule has 0 aliphatic carbocycles. The summed E-state index contributed by atoms with van der Waals surface area (Å²) in [6.45, 7) is 5.17. The third-order valence-electron chi connectivity index (χ3n) is 4.27. The summed E-state index contributed by atoms with van der Waals surface area (Å²) in [4.78, 5) is 37.3. The van der Waals surface area contributed by atoms with Gasteiger partial charge in [-0.25, -0.2) is 4.79 Å². The summed E-state index contributed by atoms with van der Waals surface area (Å²) in [7, 11) is 0. The van der Waals surface area contributed by atoms with Crippen molar-refractivity contribution in [3.63, 3.8) is 0 Å². The lowest BCUT2D eigenvalue weighted by Gasteiger charge is -2.16. The smallest absolute Gasteiger partial charge is 0.325 e. The fraction of sp³-hybridized carbons (Fsp3) is 0.389. The molecule has 1 aromatic heterocycles. The van der Waals surface area contributed by atoms with Gasteiger partial charge in [-0.15, -0.1) is 0 Å². The van der Waals surface area contributed by atoms with Crippen LogP contribution in [0.3, 0.4) is 0 Å². The number of urea groups is 1. The number of rotatable bonds is 5. The molecule has 132 valence electrons. The van der Waals surface area contributed by atoms with Gasteiger partial charge in [-0.1, -0.05) is 32.0 Å². The molecule has 1 aromatic carbocycles. The second-order valence-electron chi connectivity index (χ2n) is 6.57. The number of imide groups is 1. The van der Waals surface area contributed by atoms with Gasteiger partial charge in [0.25, 0.3) is 5.91 Å². The largest absolute Gasteiger partial charge is 0.459 e. The van der Waals surface area contributed by atoms with Crippen LogP contribution in [0.25, 0.3) is 11.0 Å². The van der Waals surface area contributed by atoms with Crippen molar-refractivity contribution in [2.24, 2.45) is 5.92 Å². The Morgan fingerprint density at radius 2 is 2.00 bits per heavy atom.